The number of piperazine rings is 1. The topological polar surface area (TPSA) is 101 Å². The average molecular weight is 558 g/mol. The number of rotatable bonds is 10. The van der Waals surface area contributed by atoms with E-state index >= 15 is 0 Å². The van der Waals surface area contributed by atoms with Crippen molar-refractivity contribution in [2.24, 2.45) is 0 Å². The fraction of sp³-hybridized carbons (Fsp3) is 0.500. The van der Waals surface area contributed by atoms with E-state index in [1.807, 2.05) is 18.2 Å². The van der Waals surface area contributed by atoms with Gasteiger partial charge in [-0.15, -0.1) is 0 Å². The van der Waals surface area contributed by atoms with Crippen LogP contribution in [0.15, 0.2) is 36.7 Å². The van der Waals surface area contributed by atoms with Gasteiger partial charge in [0.15, 0.2) is 0 Å². The van der Waals surface area contributed by atoms with Crippen molar-refractivity contribution in [2.75, 3.05) is 72.0 Å². The lowest BCUT2D eigenvalue weighted by Crippen LogP contribution is -2.47. The first-order valence-corrected chi connectivity index (χ1v) is 13.7. The van der Waals surface area contributed by atoms with Crippen LogP contribution < -0.4 is 19.5 Å². The first kappa shape index (κ1) is 27.7. The Kier molecular flexibility index (Phi) is 9.21. The summed E-state index contributed by atoms with van der Waals surface area (Å²) in [5.41, 5.74) is 1.31. The molecule has 2 aliphatic heterocycles. The molecular weight excluding hydrogens is 522 g/mol. The van der Waals surface area contributed by atoms with Crippen molar-refractivity contribution in [1.82, 2.24) is 19.8 Å². The van der Waals surface area contributed by atoms with Crippen LogP contribution in [0, 0.1) is 0 Å². The first-order valence-electron chi connectivity index (χ1n) is 13.3. The number of nitrogens with one attached hydrogen (secondary N) is 1. The quantitative estimate of drug-likeness (QED) is 0.384. The number of anilines is 2. The van der Waals surface area contributed by atoms with Gasteiger partial charge >= 0.3 is 0 Å². The zero-order valence-electron chi connectivity index (χ0n) is 22.4. The van der Waals surface area contributed by atoms with E-state index in [1.54, 1.807) is 19.2 Å². The highest BCUT2D eigenvalue weighted by molar-refractivity contribution is 6.33. The number of benzene rings is 2. The summed E-state index contributed by atoms with van der Waals surface area (Å²) in [6.07, 6.45) is 2.45. The number of likely N-dealkylation sites (N-methyl/N-ethyl adjacent to an activating group) is 1. The van der Waals surface area contributed by atoms with Gasteiger partial charge in [0, 0.05) is 63.8 Å². The molecule has 39 heavy (non-hydrogen) atoms. The molecule has 1 aromatic heterocycles. The van der Waals surface area contributed by atoms with E-state index in [0.717, 1.165) is 39.0 Å². The smallest absolute Gasteiger partial charge is 0.145 e. The first-order chi connectivity index (χ1) is 19.0. The molecule has 0 bridgehead atoms. The van der Waals surface area contributed by atoms with Gasteiger partial charge in [0.05, 0.1) is 41.9 Å². The van der Waals surface area contributed by atoms with Gasteiger partial charge in [-0.1, -0.05) is 11.6 Å². The van der Waals surface area contributed by atoms with Crippen molar-refractivity contribution in [2.45, 2.75) is 25.0 Å². The number of halogens is 1. The minimum absolute atomic E-state index is 0.00603. The molecular formula is C28H36ClN5O5. The fourth-order valence-electron chi connectivity index (χ4n) is 4.80. The van der Waals surface area contributed by atoms with Gasteiger partial charge < -0.3 is 34.3 Å². The summed E-state index contributed by atoms with van der Waals surface area (Å²) in [6.45, 7) is 5.93. The minimum atomic E-state index is -0.609. The molecule has 1 atom stereocenters. The molecule has 3 aromatic rings. The van der Waals surface area contributed by atoms with Gasteiger partial charge in [0.1, 0.15) is 48.2 Å². The van der Waals surface area contributed by atoms with Crippen LogP contribution in [-0.4, -0.2) is 104 Å². The van der Waals surface area contributed by atoms with Gasteiger partial charge in [-0.3, -0.25) is 4.90 Å². The Hall–Kier alpha value is -2.89. The van der Waals surface area contributed by atoms with Crippen LogP contribution in [0.1, 0.15) is 12.8 Å². The predicted molar refractivity (Wildman–Crippen MR) is 151 cm³/mol. The number of methoxy groups -OCH3 is 1. The van der Waals surface area contributed by atoms with Crippen molar-refractivity contribution in [1.29, 1.82) is 0 Å². The Balaban J connectivity index is 1.39. The van der Waals surface area contributed by atoms with Crippen LogP contribution in [0.4, 0.5) is 11.5 Å². The second kappa shape index (κ2) is 13.0. The number of aliphatic hydroxyl groups excluding tert-OH is 1. The molecule has 5 rings (SSSR count). The summed E-state index contributed by atoms with van der Waals surface area (Å²) in [5, 5.41) is 15.2. The molecule has 2 saturated heterocycles. The van der Waals surface area contributed by atoms with E-state index in [9.17, 15) is 5.11 Å². The van der Waals surface area contributed by atoms with E-state index in [1.165, 1.54) is 6.33 Å². The average Bonchev–Trinajstić information content (AvgIpc) is 2.95. The number of fused-ring (bicyclic) bond motifs is 1. The Morgan fingerprint density at radius 1 is 1.10 bits per heavy atom. The van der Waals surface area contributed by atoms with Gasteiger partial charge in [-0.05, 0) is 19.2 Å². The summed E-state index contributed by atoms with van der Waals surface area (Å²) >= 11 is 6.47. The van der Waals surface area contributed by atoms with Gasteiger partial charge in [-0.2, -0.15) is 0 Å². The maximum Gasteiger partial charge on any atom is 0.145 e. The van der Waals surface area contributed by atoms with Crippen LogP contribution in [-0.2, 0) is 4.74 Å². The highest BCUT2D eigenvalue weighted by Gasteiger charge is 2.22. The molecule has 2 aliphatic rings. The second-order valence-corrected chi connectivity index (χ2v) is 10.4. The maximum atomic E-state index is 10.7. The van der Waals surface area contributed by atoms with Gasteiger partial charge in [0.2, 0.25) is 0 Å². The zero-order chi connectivity index (χ0) is 27.2. The van der Waals surface area contributed by atoms with Crippen LogP contribution in [0.25, 0.3) is 10.9 Å². The lowest BCUT2D eigenvalue weighted by molar-refractivity contribution is 0.0259. The summed E-state index contributed by atoms with van der Waals surface area (Å²) < 4.78 is 23.4. The van der Waals surface area contributed by atoms with Crippen LogP contribution in [0.5, 0.6) is 17.2 Å². The molecule has 210 valence electrons. The van der Waals surface area contributed by atoms with Crippen molar-refractivity contribution < 1.29 is 24.1 Å². The fourth-order valence-corrected chi connectivity index (χ4v) is 4.97. The third kappa shape index (κ3) is 7.20. The van der Waals surface area contributed by atoms with Crippen LogP contribution in [0.3, 0.4) is 0 Å². The summed E-state index contributed by atoms with van der Waals surface area (Å²) in [7, 11) is 3.73. The maximum absolute atomic E-state index is 10.7. The summed E-state index contributed by atoms with van der Waals surface area (Å²) in [4.78, 5) is 13.6. The lowest BCUT2D eigenvalue weighted by Gasteiger charge is -2.33. The number of hydrogen-bond donors (Lipinski definition) is 2. The summed E-state index contributed by atoms with van der Waals surface area (Å²) in [6, 6.07) is 9.07. The zero-order valence-corrected chi connectivity index (χ0v) is 23.2. The highest BCUT2D eigenvalue weighted by atomic mass is 35.5. The van der Waals surface area contributed by atoms with Crippen molar-refractivity contribution in [3.8, 4) is 17.2 Å². The van der Waals surface area contributed by atoms with E-state index in [4.69, 9.17) is 30.5 Å². The number of nitrogens with zero attached hydrogens (tertiary/aromatic N) is 4. The third-order valence-corrected chi connectivity index (χ3v) is 7.40. The summed E-state index contributed by atoms with van der Waals surface area (Å²) in [5.74, 6) is 2.40. The van der Waals surface area contributed by atoms with Crippen LogP contribution >= 0.6 is 11.6 Å². The number of aliphatic hydroxyl groups is 1. The van der Waals surface area contributed by atoms with E-state index in [0.29, 0.717) is 64.4 Å². The molecule has 2 aromatic carbocycles. The number of aromatic nitrogens is 2. The van der Waals surface area contributed by atoms with E-state index in [2.05, 4.69) is 32.1 Å². The second-order valence-electron chi connectivity index (χ2n) is 10.0. The van der Waals surface area contributed by atoms with Crippen molar-refractivity contribution >= 4 is 34.0 Å². The minimum Gasteiger partial charge on any atom is -0.497 e. The Morgan fingerprint density at radius 2 is 1.90 bits per heavy atom. The SMILES string of the molecule is COc1ccc(Cl)c(Nc2ncnc3cc(OCC(O)CN4CCN(C)CC4)cc(OC4CCOCC4)c23)c1. The number of hydrogen-bond acceptors (Lipinski definition) is 10. The molecule has 0 aliphatic carbocycles. The monoisotopic (exact) mass is 557 g/mol. The van der Waals surface area contributed by atoms with E-state index < -0.39 is 6.10 Å². The lowest BCUT2D eigenvalue weighted by atomic mass is 10.1. The number of ether oxygens (including phenoxy) is 4. The molecule has 0 spiro atoms. The standard InChI is InChI=1S/C28H36ClN5O5/c1-33-7-9-34(10-8-33)16-19(35)17-38-22-14-25-27(26(15-22)39-20-5-11-37-12-6-20)28(31-18-30-25)32-24-13-21(36-2)3-4-23(24)29/h3-4,13-15,18-20,35H,5-12,16-17H2,1-2H3,(H,30,31,32). The molecule has 11 heteroatoms. The van der Waals surface area contributed by atoms with E-state index in [-0.39, 0.29) is 12.7 Å². The molecule has 0 radical (unpaired) electrons. The van der Waals surface area contributed by atoms with Crippen LogP contribution in [0.2, 0.25) is 5.02 Å². The third-order valence-electron chi connectivity index (χ3n) is 7.07. The normalized spacial score (nSPS) is 18.2. The molecule has 2 fully saturated rings. The van der Waals surface area contributed by atoms with Gasteiger partial charge in [-0.25, -0.2) is 9.97 Å². The Morgan fingerprint density at radius 3 is 2.67 bits per heavy atom. The Bertz CT molecular complexity index is 1250. The molecule has 10 nitrogen and oxygen atoms in total. The molecule has 0 saturated carbocycles. The van der Waals surface area contributed by atoms with Gasteiger partial charge in [0.25, 0.3) is 0 Å². The molecule has 2 N–H and O–H groups in total. The number of β-amino-alcohol motifs (C(OH)–C–C–N with tert-alkyl or cyclic N) is 1. The molecule has 3 heterocycles. The Labute approximate surface area is 233 Å². The highest BCUT2D eigenvalue weighted by Crippen LogP contribution is 2.38. The molecule has 1 unspecified atom stereocenters. The van der Waals surface area contributed by atoms with Crippen molar-refractivity contribution in [3.63, 3.8) is 0 Å². The predicted octanol–water partition coefficient (Wildman–Crippen LogP) is 3.58. The molecule has 0 amide bonds. The largest absolute Gasteiger partial charge is 0.497 e. The van der Waals surface area contributed by atoms with Crippen molar-refractivity contribution in [3.05, 3.63) is 41.7 Å².